The molecule has 2 N–H and O–H groups in total. The normalized spacial score (nSPS) is 14.2. The fourth-order valence-electron chi connectivity index (χ4n) is 2.56. The van der Waals surface area contributed by atoms with Gasteiger partial charge in [0.25, 0.3) is 0 Å². The van der Waals surface area contributed by atoms with E-state index >= 15 is 0 Å². The molecule has 3 heteroatoms. The van der Waals surface area contributed by atoms with E-state index in [9.17, 15) is 5.11 Å². The largest absolute Gasteiger partial charge is 0.395 e. The van der Waals surface area contributed by atoms with Crippen LogP contribution in [0.15, 0.2) is 0 Å². The van der Waals surface area contributed by atoms with Gasteiger partial charge >= 0.3 is 0 Å². The van der Waals surface area contributed by atoms with Crippen LogP contribution in [-0.2, 0) is 0 Å². The highest BCUT2D eigenvalue weighted by atomic mass is 16.3. The Morgan fingerprint density at radius 3 is 1.89 bits per heavy atom. The van der Waals surface area contributed by atoms with Gasteiger partial charge in [0.15, 0.2) is 0 Å². The van der Waals surface area contributed by atoms with E-state index in [1.807, 2.05) is 0 Å². The van der Waals surface area contributed by atoms with Crippen LogP contribution in [0.5, 0.6) is 0 Å². The number of aliphatic hydroxyl groups excluding tert-OH is 1. The molecule has 3 nitrogen and oxygen atoms in total. The van der Waals surface area contributed by atoms with Crippen LogP contribution >= 0.6 is 0 Å². The molecule has 110 valence electrons. The van der Waals surface area contributed by atoms with Crippen molar-refractivity contribution in [1.29, 1.82) is 0 Å². The van der Waals surface area contributed by atoms with Gasteiger partial charge < -0.3 is 10.4 Å². The van der Waals surface area contributed by atoms with Crippen molar-refractivity contribution in [2.75, 3.05) is 19.7 Å². The van der Waals surface area contributed by atoms with E-state index in [0.717, 1.165) is 13.1 Å². The number of nitrogens with one attached hydrogen (secondary N) is 1. The van der Waals surface area contributed by atoms with Gasteiger partial charge in [-0.3, -0.25) is 4.90 Å². The van der Waals surface area contributed by atoms with Crippen LogP contribution in [0.1, 0.15) is 54.4 Å². The van der Waals surface area contributed by atoms with Crippen molar-refractivity contribution in [2.24, 2.45) is 5.92 Å². The number of hydrogen-bond acceptors (Lipinski definition) is 3. The monoisotopic (exact) mass is 258 g/mol. The first-order valence-electron chi connectivity index (χ1n) is 7.55. The summed E-state index contributed by atoms with van der Waals surface area (Å²) in [7, 11) is 0. The van der Waals surface area contributed by atoms with E-state index in [2.05, 4.69) is 51.8 Å². The van der Waals surface area contributed by atoms with Gasteiger partial charge in [-0.05, 0) is 18.8 Å². The Labute approximate surface area is 114 Å². The van der Waals surface area contributed by atoms with Crippen molar-refractivity contribution in [3.05, 3.63) is 0 Å². The van der Waals surface area contributed by atoms with Crippen LogP contribution in [0.4, 0.5) is 0 Å². The third kappa shape index (κ3) is 7.34. The zero-order chi connectivity index (χ0) is 14.1. The lowest BCUT2D eigenvalue weighted by molar-refractivity contribution is 0.122. The lowest BCUT2D eigenvalue weighted by atomic mass is 10.1. The van der Waals surface area contributed by atoms with Crippen molar-refractivity contribution in [3.63, 3.8) is 0 Å². The number of aliphatic hydroxyl groups is 1. The summed E-state index contributed by atoms with van der Waals surface area (Å²) in [5.74, 6) is 0.670. The van der Waals surface area contributed by atoms with Crippen LogP contribution in [-0.4, -0.2) is 47.8 Å². The molecule has 0 aromatic heterocycles. The second-order valence-electron chi connectivity index (χ2n) is 6.02. The summed E-state index contributed by atoms with van der Waals surface area (Å²) >= 11 is 0. The topological polar surface area (TPSA) is 35.5 Å². The number of nitrogens with zero attached hydrogens (tertiary/aromatic N) is 1. The first-order chi connectivity index (χ1) is 8.44. The maximum absolute atomic E-state index is 9.50. The van der Waals surface area contributed by atoms with Gasteiger partial charge in [0.05, 0.1) is 6.61 Å². The zero-order valence-corrected chi connectivity index (χ0v) is 13.2. The molecule has 0 aliphatic carbocycles. The number of hydrogen-bond donors (Lipinski definition) is 2. The Morgan fingerprint density at radius 1 is 1.00 bits per heavy atom. The second kappa shape index (κ2) is 9.76. The van der Waals surface area contributed by atoms with Gasteiger partial charge in [-0.25, -0.2) is 0 Å². The van der Waals surface area contributed by atoms with Crippen molar-refractivity contribution in [3.8, 4) is 0 Å². The van der Waals surface area contributed by atoms with Gasteiger partial charge in [0.2, 0.25) is 0 Å². The average molecular weight is 258 g/mol. The van der Waals surface area contributed by atoms with Gasteiger partial charge in [0, 0.05) is 31.2 Å². The predicted molar refractivity (Wildman–Crippen MR) is 79.9 cm³/mol. The van der Waals surface area contributed by atoms with Crippen LogP contribution in [0.25, 0.3) is 0 Å². The highest BCUT2D eigenvalue weighted by Gasteiger charge is 2.20. The standard InChI is InChI=1S/C15H34N2O/c1-7-15(8-2)17(9-12(3)4)10-14(11-18)16-13(5)6/h12-16,18H,7-11H2,1-6H3. The van der Waals surface area contributed by atoms with Crippen LogP contribution in [0.2, 0.25) is 0 Å². The van der Waals surface area contributed by atoms with Crippen molar-refractivity contribution in [2.45, 2.75) is 72.5 Å². The molecule has 0 aliphatic heterocycles. The first kappa shape index (κ1) is 17.9. The molecule has 0 saturated heterocycles. The second-order valence-corrected chi connectivity index (χ2v) is 6.02. The molecule has 18 heavy (non-hydrogen) atoms. The Kier molecular flexibility index (Phi) is 9.70. The fraction of sp³-hybridized carbons (Fsp3) is 1.00. The van der Waals surface area contributed by atoms with Gasteiger partial charge in [-0.2, -0.15) is 0 Å². The zero-order valence-electron chi connectivity index (χ0n) is 13.2. The van der Waals surface area contributed by atoms with E-state index in [-0.39, 0.29) is 12.6 Å². The molecule has 0 amide bonds. The van der Waals surface area contributed by atoms with Crippen molar-refractivity contribution >= 4 is 0 Å². The van der Waals surface area contributed by atoms with Crippen LogP contribution in [0.3, 0.4) is 0 Å². The summed E-state index contributed by atoms with van der Waals surface area (Å²) in [6, 6.07) is 1.24. The van der Waals surface area contributed by atoms with Crippen molar-refractivity contribution < 1.29 is 5.11 Å². The van der Waals surface area contributed by atoms with E-state index < -0.39 is 0 Å². The smallest absolute Gasteiger partial charge is 0.0597 e. The van der Waals surface area contributed by atoms with E-state index in [1.54, 1.807) is 0 Å². The third-order valence-electron chi connectivity index (χ3n) is 3.30. The van der Waals surface area contributed by atoms with E-state index in [4.69, 9.17) is 0 Å². The van der Waals surface area contributed by atoms with E-state index in [1.165, 1.54) is 12.8 Å². The Balaban J connectivity index is 4.53. The first-order valence-corrected chi connectivity index (χ1v) is 7.55. The predicted octanol–water partition coefficient (Wildman–Crippen LogP) is 2.49. The quantitative estimate of drug-likeness (QED) is 0.632. The maximum Gasteiger partial charge on any atom is 0.0597 e. The molecule has 0 aliphatic rings. The Bertz CT molecular complexity index is 191. The van der Waals surface area contributed by atoms with Gasteiger partial charge in [0.1, 0.15) is 0 Å². The summed E-state index contributed by atoms with van der Waals surface area (Å²) < 4.78 is 0. The summed E-state index contributed by atoms with van der Waals surface area (Å²) in [6.45, 7) is 15.6. The highest BCUT2D eigenvalue weighted by molar-refractivity contribution is 4.78. The van der Waals surface area contributed by atoms with E-state index in [0.29, 0.717) is 18.0 Å². The molecule has 0 bridgehead atoms. The SMILES string of the molecule is CCC(CC)N(CC(C)C)CC(CO)NC(C)C. The fourth-order valence-corrected chi connectivity index (χ4v) is 2.56. The average Bonchev–Trinajstić information content (AvgIpc) is 2.28. The molecule has 0 fully saturated rings. The summed E-state index contributed by atoms with van der Waals surface area (Å²) in [4.78, 5) is 2.54. The highest BCUT2D eigenvalue weighted by Crippen LogP contribution is 2.12. The Hall–Kier alpha value is -0.120. The molecular weight excluding hydrogens is 224 g/mol. The molecule has 0 heterocycles. The minimum Gasteiger partial charge on any atom is -0.395 e. The third-order valence-corrected chi connectivity index (χ3v) is 3.30. The lowest BCUT2D eigenvalue weighted by Gasteiger charge is -2.35. The van der Waals surface area contributed by atoms with Crippen LogP contribution < -0.4 is 5.32 Å². The minimum atomic E-state index is 0.185. The molecule has 1 atom stereocenters. The summed E-state index contributed by atoms with van der Waals surface area (Å²) in [5.41, 5.74) is 0. The molecule has 0 aromatic carbocycles. The minimum absolute atomic E-state index is 0.185. The maximum atomic E-state index is 9.50. The molecule has 0 spiro atoms. The molecular formula is C15H34N2O. The van der Waals surface area contributed by atoms with Crippen LogP contribution in [0, 0.1) is 5.92 Å². The molecule has 0 rings (SSSR count). The molecule has 0 saturated carbocycles. The Morgan fingerprint density at radius 2 is 1.56 bits per heavy atom. The van der Waals surface area contributed by atoms with Gasteiger partial charge in [-0.15, -0.1) is 0 Å². The summed E-state index contributed by atoms with van der Waals surface area (Å²) in [6.07, 6.45) is 2.37. The molecule has 0 aromatic rings. The van der Waals surface area contributed by atoms with Gasteiger partial charge in [-0.1, -0.05) is 41.5 Å². The lowest BCUT2D eigenvalue weighted by Crippen LogP contribution is -2.49. The molecule has 0 radical (unpaired) electrons. The molecule has 1 unspecified atom stereocenters. The number of rotatable bonds is 10. The summed E-state index contributed by atoms with van der Waals surface area (Å²) in [5, 5.41) is 12.9. The van der Waals surface area contributed by atoms with Crippen molar-refractivity contribution in [1.82, 2.24) is 10.2 Å².